The summed E-state index contributed by atoms with van der Waals surface area (Å²) in [4.78, 5) is 10.3. The minimum atomic E-state index is -0.741. The molecule has 2 rings (SSSR count). The van der Waals surface area contributed by atoms with Gasteiger partial charge in [-0.3, -0.25) is 10.1 Å². The van der Waals surface area contributed by atoms with Gasteiger partial charge in [0.1, 0.15) is 0 Å². The molecule has 1 aromatic carbocycles. The van der Waals surface area contributed by atoms with Crippen molar-refractivity contribution in [3.8, 4) is 0 Å². The highest BCUT2D eigenvalue weighted by molar-refractivity contribution is 6.42. The van der Waals surface area contributed by atoms with Crippen molar-refractivity contribution in [1.82, 2.24) is 0 Å². The second-order valence-corrected chi connectivity index (χ2v) is 3.97. The first-order valence-corrected chi connectivity index (χ1v) is 5.21. The predicted molar refractivity (Wildman–Crippen MR) is 57.8 cm³/mol. The number of nitro benzene ring substituents is 1. The fourth-order valence-electron chi connectivity index (χ4n) is 1.44. The van der Waals surface area contributed by atoms with Crippen molar-refractivity contribution in [2.45, 2.75) is 6.29 Å². The molecule has 86 valence electrons. The topological polar surface area (TPSA) is 61.6 Å². The maximum absolute atomic E-state index is 10.8. The summed E-state index contributed by atoms with van der Waals surface area (Å²) in [6.07, 6.45) is -0.741. The lowest BCUT2D eigenvalue weighted by atomic mass is 10.1. The van der Waals surface area contributed by atoms with Crippen LogP contribution in [-0.2, 0) is 9.47 Å². The maximum Gasteiger partial charge on any atom is 0.279 e. The average molecular weight is 264 g/mol. The van der Waals surface area contributed by atoms with Crippen molar-refractivity contribution in [2.75, 3.05) is 13.2 Å². The van der Waals surface area contributed by atoms with Gasteiger partial charge in [-0.25, -0.2) is 0 Å². The fourth-order valence-corrected chi connectivity index (χ4v) is 1.77. The largest absolute Gasteiger partial charge is 0.346 e. The van der Waals surface area contributed by atoms with E-state index in [1.165, 1.54) is 12.1 Å². The Bertz CT molecular complexity index is 432. The molecule has 0 amide bonds. The lowest BCUT2D eigenvalue weighted by Gasteiger charge is -2.10. The molecule has 5 nitrogen and oxygen atoms in total. The number of halogens is 2. The van der Waals surface area contributed by atoms with Gasteiger partial charge in [0.05, 0.1) is 33.7 Å². The Morgan fingerprint density at radius 2 is 1.81 bits per heavy atom. The first-order chi connectivity index (χ1) is 7.59. The Hall–Kier alpha value is -0.880. The van der Waals surface area contributed by atoms with E-state index in [1.807, 2.05) is 0 Å². The van der Waals surface area contributed by atoms with Crippen LogP contribution in [-0.4, -0.2) is 18.1 Å². The van der Waals surface area contributed by atoms with Crippen molar-refractivity contribution in [1.29, 1.82) is 0 Å². The van der Waals surface area contributed by atoms with Crippen LogP contribution in [0.1, 0.15) is 11.9 Å². The third-order valence-electron chi connectivity index (χ3n) is 2.14. The summed E-state index contributed by atoms with van der Waals surface area (Å²) in [5.74, 6) is 0. The van der Waals surface area contributed by atoms with Gasteiger partial charge in [0.15, 0.2) is 6.29 Å². The Morgan fingerprint density at radius 3 is 2.38 bits per heavy atom. The zero-order valence-electron chi connectivity index (χ0n) is 7.98. The fraction of sp³-hybridized carbons (Fsp3) is 0.333. The van der Waals surface area contributed by atoms with Crippen LogP contribution in [0.4, 0.5) is 5.69 Å². The van der Waals surface area contributed by atoms with Crippen LogP contribution >= 0.6 is 23.2 Å². The molecule has 1 aliphatic rings. The molecule has 0 unspecified atom stereocenters. The molecular formula is C9H7Cl2NO4. The number of benzene rings is 1. The van der Waals surface area contributed by atoms with Gasteiger partial charge in [0.2, 0.25) is 0 Å². The van der Waals surface area contributed by atoms with E-state index < -0.39 is 11.2 Å². The second-order valence-electron chi connectivity index (χ2n) is 3.16. The molecule has 0 radical (unpaired) electrons. The summed E-state index contributed by atoms with van der Waals surface area (Å²) in [5.41, 5.74) is 0.137. The van der Waals surface area contributed by atoms with E-state index in [0.29, 0.717) is 13.2 Å². The summed E-state index contributed by atoms with van der Waals surface area (Å²) in [7, 11) is 0. The van der Waals surface area contributed by atoms with Gasteiger partial charge >= 0.3 is 0 Å². The third kappa shape index (κ3) is 2.12. The lowest BCUT2D eigenvalue weighted by molar-refractivity contribution is -0.386. The van der Waals surface area contributed by atoms with Crippen LogP contribution in [0, 0.1) is 10.1 Å². The average Bonchev–Trinajstić information content (AvgIpc) is 2.74. The molecule has 1 aliphatic heterocycles. The molecule has 0 atom stereocenters. The zero-order chi connectivity index (χ0) is 11.7. The molecule has 1 aromatic rings. The Balaban J connectivity index is 2.48. The van der Waals surface area contributed by atoms with Crippen molar-refractivity contribution in [3.63, 3.8) is 0 Å². The van der Waals surface area contributed by atoms with Gasteiger partial charge in [-0.1, -0.05) is 23.2 Å². The first kappa shape index (κ1) is 11.6. The zero-order valence-corrected chi connectivity index (χ0v) is 9.49. The molecule has 7 heteroatoms. The highest BCUT2D eigenvalue weighted by atomic mass is 35.5. The Morgan fingerprint density at radius 1 is 1.25 bits per heavy atom. The molecule has 1 heterocycles. The standard InChI is InChI=1S/C9H7Cl2NO4/c10-6-3-5(9-15-1-2-16-9)8(12(13)14)4-7(6)11/h3-4,9H,1-2H2. The van der Waals surface area contributed by atoms with Gasteiger partial charge in [0, 0.05) is 6.07 Å². The summed E-state index contributed by atoms with van der Waals surface area (Å²) in [5, 5.41) is 11.2. The van der Waals surface area contributed by atoms with Gasteiger partial charge in [-0.2, -0.15) is 0 Å². The van der Waals surface area contributed by atoms with Crippen molar-refractivity contribution >= 4 is 28.9 Å². The second kappa shape index (κ2) is 4.55. The summed E-state index contributed by atoms with van der Waals surface area (Å²) in [6, 6.07) is 2.60. The predicted octanol–water partition coefficient (Wildman–Crippen LogP) is 2.95. The van der Waals surface area contributed by atoms with Crippen LogP contribution in [0.15, 0.2) is 12.1 Å². The number of nitrogens with zero attached hydrogens (tertiary/aromatic N) is 1. The molecular weight excluding hydrogens is 257 g/mol. The summed E-state index contributed by atoms with van der Waals surface area (Å²) >= 11 is 11.5. The quantitative estimate of drug-likeness (QED) is 0.608. The van der Waals surface area contributed by atoms with Crippen molar-refractivity contribution < 1.29 is 14.4 Å². The van der Waals surface area contributed by atoms with E-state index >= 15 is 0 Å². The molecule has 1 fully saturated rings. The van der Waals surface area contributed by atoms with Crippen LogP contribution in [0.25, 0.3) is 0 Å². The third-order valence-corrected chi connectivity index (χ3v) is 2.86. The highest BCUT2D eigenvalue weighted by Crippen LogP contribution is 2.36. The van der Waals surface area contributed by atoms with Crippen LogP contribution in [0.2, 0.25) is 10.0 Å². The first-order valence-electron chi connectivity index (χ1n) is 4.46. The lowest BCUT2D eigenvalue weighted by Crippen LogP contribution is -2.03. The van der Waals surface area contributed by atoms with Gasteiger partial charge < -0.3 is 9.47 Å². The van der Waals surface area contributed by atoms with Crippen LogP contribution in [0.3, 0.4) is 0 Å². The van der Waals surface area contributed by atoms with E-state index in [-0.39, 0.29) is 21.3 Å². The minimum Gasteiger partial charge on any atom is -0.346 e. The van der Waals surface area contributed by atoms with E-state index in [0.717, 1.165) is 0 Å². The van der Waals surface area contributed by atoms with Gasteiger partial charge in [-0.05, 0) is 6.07 Å². The van der Waals surface area contributed by atoms with E-state index in [9.17, 15) is 10.1 Å². The number of rotatable bonds is 2. The molecule has 0 spiro atoms. The SMILES string of the molecule is O=[N+]([O-])c1cc(Cl)c(Cl)cc1C1OCCO1. The van der Waals surface area contributed by atoms with Crippen molar-refractivity contribution in [3.05, 3.63) is 37.9 Å². The number of hydrogen-bond donors (Lipinski definition) is 0. The molecule has 0 N–H and O–H groups in total. The number of ether oxygens (including phenoxy) is 2. The molecule has 0 aliphatic carbocycles. The molecule has 1 saturated heterocycles. The number of nitro groups is 1. The van der Waals surface area contributed by atoms with Crippen LogP contribution in [0.5, 0.6) is 0 Å². The van der Waals surface area contributed by atoms with Crippen LogP contribution < -0.4 is 0 Å². The van der Waals surface area contributed by atoms with E-state index in [1.54, 1.807) is 0 Å². The van der Waals surface area contributed by atoms with E-state index in [4.69, 9.17) is 32.7 Å². The normalized spacial score (nSPS) is 16.6. The molecule has 0 saturated carbocycles. The van der Waals surface area contributed by atoms with E-state index in [2.05, 4.69) is 0 Å². The summed E-state index contributed by atoms with van der Waals surface area (Å²) < 4.78 is 10.4. The minimum absolute atomic E-state index is 0.134. The maximum atomic E-state index is 10.8. The number of hydrogen-bond acceptors (Lipinski definition) is 4. The van der Waals surface area contributed by atoms with Gasteiger partial charge in [-0.15, -0.1) is 0 Å². The summed E-state index contributed by atoms with van der Waals surface area (Å²) in [6.45, 7) is 0.810. The molecule has 16 heavy (non-hydrogen) atoms. The molecule has 0 aromatic heterocycles. The van der Waals surface area contributed by atoms with Crippen molar-refractivity contribution in [2.24, 2.45) is 0 Å². The highest BCUT2D eigenvalue weighted by Gasteiger charge is 2.28. The van der Waals surface area contributed by atoms with Gasteiger partial charge in [0.25, 0.3) is 5.69 Å². The Labute approximate surface area is 101 Å². The molecule has 0 bridgehead atoms. The Kier molecular flexibility index (Phi) is 3.30. The smallest absolute Gasteiger partial charge is 0.279 e. The monoisotopic (exact) mass is 263 g/mol.